The zero-order valence-corrected chi connectivity index (χ0v) is 12.2. The average molecular weight is 305 g/mol. The zero-order valence-electron chi connectivity index (χ0n) is 12.2. The van der Waals surface area contributed by atoms with Crippen LogP contribution in [0, 0.1) is 6.92 Å². The Balaban J connectivity index is 1.78. The minimum atomic E-state index is -0.911. The van der Waals surface area contributed by atoms with Crippen molar-refractivity contribution in [3.8, 4) is 0 Å². The first-order valence-electron chi connectivity index (χ1n) is 6.86. The van der Waals surface area contributed by atoms with Gasteiger partial charge in [0.05, 0.1) is 24.5 Å². The van der Waals surface area contributed by atoms with Gasteiger partial charge in [-0.2, -0.15) is 0 Å². The predicted molar refractivity (Wildman–Crippen MR) is 76.1 cm³/mol. The van der Waals surface area contributed by atoms with Gasteiger partial charge in [0.1, 0.15) is 0 Å². The molecular formula is C14H15N3O5. The second kappa shape index (κ2) is 5.64. The number of hydrogen-bond donors (Lipinski definition) is 1. The molecule has 1 N–H and O–H groups in total. The molecule has 2 amide bonds. The first kappa shape index (κ1) is 14.3. The van der Waals surface area contributed by atoms with Crippen molar-refractivity contribution in [1.82, 2.24) is 10.6 Å². The molecule has 0 spiro atoms. The van der Waals surface area contributed by atoms with E-state index in [1.807, 2.05) is 13.0 Å². The molecule has 22 heavy (non-hydrogen) atoms. The number of hydroxylamine groups is 1. The highest BCUT2D eigenvalue weighted by Crippen LogP contribution is 2.27. The number of ether oxygens (including phenoxy) is 1. The third-order valence-electron chi connectivity index (χ3n) is 3.37. The maximum atomic E-state index is 11.9. The van der Waals surface area contributed by atoms with Crippen LogP contribution in [-0.4, -0.2) is 36.4 Å². The largest absolute Gasteiger partial charge is 0.434 e. The fraction of sp³-hybridized carbons (Fsp3) is 0.357. The number of rotatable bonds is 4. The van der Waals surface area contributed by atoms with Crippen LogP contribution in [0.1, 0.15) is 12.6 Å². The molecule has 3 rings (SSSR count). The van der Waals surface area contributed by atoms with E-state index in [2.05, 4.69) is 10.6 Å². The number of nitrogens with one attached hydrogen (secondary N) is 1. The Labute approximate surface area is 125 Å². The van der Waals surface area contributed by atoms with Crippen LogP contribution in [0.3, 0.4) is 0 Å². The van der Waals surface area contributed by atoms with Gasteiger partial charge in [-0.1, -0.05) is 5.16 Å². The fourth-order valence-electron chi connectivity index (χ4n) is 2.24. The third-order valence-corrected chi connectivity index (χ3v) is 3.37. The molecular weight excluding hydrogens is 290 g/mol. The highest BCUT2D eigenvalue weighted by molar-refractivity contribution is 5.97. The maximum Gasteiger partial charge on any atom is 0.415 e. The standard InChI is InChI=1S/C14H15N3O5/c1-3-20-16-13(18)12-7-17(14(19)21-12)9-4-5-10-8(2)15-22-11(10)6-9/h4-6,12H,3,7H2,1-2H3,(H,16,18). The Morgan fingerprint density at radius 1 is 1.55 bits per heavy atom. The molecule has 1 unspecified atom stereocenters. The number of nitrogens with zero attached hydrogens (tertiary/aromatic N) is 2. The molecule has 116 valence electrons. The summed E-state index contributed by atoms with van der Waals surface area (Å²) in [6.07, 6.45) is -1.50. The lowest BCUT2D eigenvalue weighted by molar-refractivity contribution is -0.140. The smallest absolute Gasteiger partial charge is 0.415 e. The number of carbonyl (C=O) groups is 2. The molecule has 8 nitrogen and oxygen atoms in total. The lowest BCUT2D eigenvalue weighted by Crippen LogP contribution is -2.37. The van der Waals surface area contributed by atoms with Gasteiger partial charge in [-0.15, -0.1) is 0 Å². The molecule has 0 aliphatic carbocycles. The van der Waals surface area contributed by atoms with E-state index in [-0.39, 0.29) is 6.54 Å². The Hall–Kier alpha value is -2.61. The molecule has 1 saturated heterocycles. The van der Waals surface area contributed by atoms with Crippen molar-refractivity contribution < 1.29 is 23.7 Å². The van der Waals surface area contributed by atoms with Gasteiger partial charge in [0.25, 0.3) is 5.91 Å². The average Bonchev–Trinajstić information content (AvgIpc) is 3.08. The van der Waals surface area contributed by atoms with E-state index in [0.29, 0.717) is 17.9 Å². The Morgan fingerprint density at radius 3 is 3.14 bits per heavy atom. The van der Waals surface area contributed by atoms with E-state index in [1.54, 1.807) is 19.1 Å². The van der Waals surface area contributed by atoms with E-state index < -0.39 is 18.1 Å². The van der Waals surface area contributed by atoms with Crippen molar-refractivity contribution in [2.24, 2.45) is 0 Å². The number of anilines is 1. The van der Waals surface area contributed by atoms with Crippen LogP contribution >= 0.6 is 0 Å². The normalized spacial score (nSPS) is 17.8. The summed E-state index contributed by atoms with van der Waals surface area (Å²) in [6.45, 7) is 4.01. The topological polar surface area (TPSA) is 93.9 Å². The van der Waals surface area contributed by atoms with Crippen LogP contribution in [0.25, 0.3) is 11.0 Å². The van der Waals surface area contributed by atoms with Crippen molar-refractivity contribution in [3.05, 3.63) is 23.9 Å². The molecule has 1 atom stereocenters. The number of amides is 2. The Kier molecular flexibility index (Phi) is 3.68. The summed E-state index contributed by atoms with van der Waals surface area (Å²) in [7, 11) is 0. The van der Waals surface area contributed by atoms with E-state index in [9.17, 15) is 9.59 Å². The van der Waals surface area contributed by atoms with Gasteiger partial charge in [-0.05, 0) is 26.0 Å². The fourth-order valence-corrected chi connectivity index (χ4v) is 2.24. The van der Waals surface area contributed by atoms with Crippen LogP contribution in [-0.2, 0) is 14.4 Å². The van der Waals surface area contributed by atoms with E-state index in [1.165, 1.54) is 4.90 Å². The predicted octanol–water partition coefficient (Wildman–Crippen LogP) is 1.53. The highest BCUT2D eigenvalue weighted by atomic mass is 16.7. The molecule has 0 bridgehead atoms. The van der Waals surface area contributed by atoms with Gasteiger partial charge >= 0.3 is 6.09 Å². The van der Waals surface area contributed by atoms with Crippen molar-refractivity contribution in [1.29, 1.82) is 0 Å². The molecule has 1 aliphatic rings. The highest BCUT2D eigenvalue weighted by Gasteiger charge is 2.37. The summed E-state index contributed by atoms with van der Waals surface area (Å²) in [5.41, 5.74) is 4.16. The lowest BCUT2D eigenvalue weighted by Gasteiger charge is -2.12. The SMILES string of the molecule is CCONC(=O)C1CN(c2ccc3c(C)noc3c2)C(=O)O1. The second-order valence-electron chi connectivity index (χ2n) is 4.83. The summed E-state index contributed by atoms with van der Waals surface area (Å²) in [4.78, 5) is 29.9. The summed E-state index contributed by atoms with van der Waals surface area (Å²) >= 11 is 0. The van der Waals surface area contributed by atoms with E-state index in [0.717, 1.165) is 11.1 Å². The van der Waals surface area contributed by atoms with Crippen LogP contribution in [0.5, 0.6) is 0 Å². The molecule has 1 aliphatic heterocycles. The number of fused-ring (bicyclic) bond motifs is 1. The first-order valence-corrected chi connectivity index (χ1v) is 6.86. The zero-order chi connectivity index (χ0) is 15.7. The number of carbonyl (C=O) groups excluding carboxylic acids is 2. The van der Waals surface area contributed by atoms with E-state index in [4.69, 9.17) is 14.1 Å². The Morgan fingerprint density at radius 2 is 2.36 bits per heavy atom. The van der Waals surface area contributed by atoms with Gasteiger partial charge in [0, 0.05) is 11.5 Å². The minimum Gasteiger partial charge on any atom is -0.434 e. The van der Waals surface area contributed by atoms with Gasteiger partial charge in [-0.25, -0.2) is 10.3 Å². The monoisotopic (exact) mass is 305 g/mol. The minimum absolute atomic E-state index is 0.108. The third kappa shape index (κ3) is 2.48. The summed E-state index contributed by atoms with van der Waals surface area (Å²) in [5, 5.41) is 4.75. The molecule has 1 aromatic heterocycles. The molecule has 2 aromatic rings. The number of aryl methyl sites for hydroxylation is 1. The second-order valence-corrected chi connectivity index (χ2v) is 4.83. The molecule has 1 aromatic carbocycles. The summed E-state index contributed by atoms with van der Waals surface area (Å²) < 4.78 is 10.2. The van der Waals surface area contributed by atoms with E-state index >= 15 is 0 Å². The van der Waals surface area contributed by atoms with Crippen LogP contribution < -0.4 is 10.4 Å². The number of hydrogen-bond acceptors (Lipinski definition) is 6. The first-order chi connectivity index (χ1) is 10.6. The molecule has 2 heterocycles. The van der Waals surface area contributed by atoms with Gasteiger partial charge in [-0.3, -0.25) is 14.5 Å². The van der Waals surface area contributed by atoms with Crippen LogP contribution in [0.15, 0.2) is 22.7 Å². The van der Waals surface area contributed by atoms with Gasteiger partial charge < -0.3 is 9.26 Å². The quantitative estimate of drug-likeness (QED) is 0.861. The van der Waals surface area contributed by atoms with Gasteiger partial charge in [0.2, 0.25) is 6.10 Å². The lowest BCUT2D eigenvalue weighted by atomic mass is 10.2. The van der Waals surface area contributed by atoms with Crippen molar-refractivity contribution >= 4 is 28.7 Å². The van der Waals surface area contributed by atoms with Crippen molar-refractivity contribution in [2.75, 3.05) is 18.1 Å². The van der Waals surface area contributed by atoms with Gasteiger partial charge in [0.15, 0.2) is 5.58 Å². The molecule has 8 heteroatoms. The van der Waals surface area contributed by atoms with Crippen LogP contribution in [0.2, 0.25) is 0 Å². The van der Waals surface area contributed by atoms with Crippen molar-refractivity contribution in [3.63, 3.8) is 0 Å². The summed E-state index contributed by atoms with van der Waals surface area (Å²) in [5.74, 6) is -0.491. The number of aromatic nitrogens is 1. The number of benzene rings is 1. The molecule has 0 saturated carbocycles. The van der Waals surface area contributed by atoms with Crippen molar-refractivity contribution in [2.45, 2.75) is 20.0 Å². The summed E-state index contributed by atoms with van der Waals surface area (Å²) in [6, 6.07) is 5.27. The number of cyclic esters (lactones) is 1. The molecule has 1 fully saturated rings. The Bertz CT molecular complexity index is 726. The van der Waals surface area contributed by atoms with Crippen LogP contribution in [0.4, 0.5) is 10.5 Å². The molecule has 0 radical (unpaired) electrons. The maximum absolute atomic E-state index is 11.9.